The number of benzene rings is 1. The molecule has 0 atom stereocenters. The molecule has 178 valence electrons. The van der Waals surface area contributed by atoms with Crippen molar-refractivity contribution in [2.45, 2.75) is 45.6 Å². The predicted octanol–water partition coefficient (Wildman–Crippen LogP) is 4.87. The van der Waals surface area contributed by atoms with Gasteiger partial charge >= 0.3 is 0 Å². The lowest BCUT2D eigenvalue weighted by Gasteiger charge is -2.13. The molecule has 3 aromatic heterocycles. The Labute approximate surface area is 206 Å². The molecule has 3 heterocycles. The summed E-state index contributed by atoms with van der Waals surface area (Å²) in [6.07, 6.45) is 7.91. The smallest absolute Gasteiger partial charge is 0.292 e. The van der Waals surface area contributed by atoms with Gasteiger partial charge in [-0.05, 0) is 67.0 Å². The van der Waals surface area contributed by atoms with Crippen LogP contribution in [0.4, 0.5) is 5.00 Å². The van der Waals surface area contributed by atoms with E-state index in [-0.39, 0.29) is 17.1 Å². The molecule has 35 heavy (non-hydrogen) atoms. The van der Waals surface area contributed by atoms with E-state index >= 15 is 0 Å². The van der Waals surface area contributed by atoms with Crippen LogP contribution in [0.2, 0.25) is 0 Å². The molecule has 0 saturated carbocycles. The maximum Gasteiger partial charge on any atom is 0.292 e. The minimum atomic E-state index is -0.552. The number of aromatic nitrogens is 1. The van der Waals surface area contributed by atoms with Crippen molar-refractivity contribution in [3.05, 3.63) is 91.9 Å². The summed E-state index contributed by atoms with van der Waals surface area (Å²) in [7, 11) is 0. The van der Waals surface area contributed by atoms with Crippen molar-refractivity contribution in [3.8, 4) is 0 Å². The number of amides is 2. The number of anilines is 1. The van der Waals surface area contributed by atoms with Gasteiger partial charge in [-0.3, -0.25) is 19.4 Å². The van der Waals surface area contributed by atoms with Crippen molar-refractivity contribution < 1.29 is 14.0 Å². The Morgan fingerprint density at radius 2 is 1.94 bits per heavy atom. The Bertz CT molecular complexity index is 1470. The Morgan fingerprint density at radius 3 is 2.74 bits per heavy atom. The molecule has 0 unspecified atom stereocenters. The second kappa shape index (κ2) is 9.84. The summed E-state index contributed by atoms with van der Waals surface area (Å²) in [6, 6.07) is 10.3. The number of fused-ring (bicyclic) bond motifs is 2. The molecule has 0 spiro atoms. The second-order valence-electron chi connectivity index (χ2n) is 8.57. The zero-order chi connectivity index (χ0) is 24.4. The SMILES string of the molecule is CCc1ccc2oc(C(=O)Nc3sc4c(c3C(=O)NCc3cccnc3)CCCC4)cc(=O)c2c1. The van der Waals surface area contributed by atoms with Crippen molar-refractivity contribution in [1.29, 1.82) is 0 Å². The van der Waals surface area contributed by atoms with Crippen LogP contribution < -0.4 is 16.1 Å². The van der Waals surface area contributed by atoms with E-state index in [4.69, 9.17) is 4.42 Å². The molecule has 0 bridgehead atoms. The number of rotatable bonds is 6. The van der Waals surface area contributed by atoms with Crippen LogP contribution in [0.3, 0.4) is 0 Å². The molecule has 2 amide bonds. The zero-order valence-corrected chi connectivity index (χ0v) is 20.2. The van der Waals surface area contributed by atoms with Gasteiger partial charge in [-0.15, -0.1) is 11.3 Å². The van der Waals surface area contributed by atoms with Crippen LogP contribution in [0, 0.1) is 0 Å². The van der Waals surface area contributed by atoms with E-state index < -0.39 is 5.91 Å². The van der Waals surface area contributed by atoms with Gasteiger partial charge in [0.15, 0.2) is 11.2 Å². The van der Waals surface area contributed by atoms with Gasteiger partial charge in [-0.2, -0.15) is 0 Å². The van der Waals surface area contributed by atoms with Crippen molar-refractivity contribution in [1.82, 2.24) is 10.3 Å². The first-order valence-electron chi connectivity index (χ1n) is 11.7. The number of aryl methyl sites for hydroxylation is 2. The van der Waals surface area contributed by atoms with Gasteiger partial charge < -0.3 is 15.1 Å². The summed E-state index contributed by atoms with van der Waals surface area (Å²) in [5, 5.41) is 6.73. The van der Waals surface area contributed by atoms with E-state index in [1.165, 1.54) is 17.4 Å². The number of nitrogens with one attached hydrogen (secondary N) is 2. The number of nitrogens with zero attached hydrogens (tertiary/aromatic N) is 1. The predicted molar refractivity (Wildman–Crippen MR) is 136 cm³/mol. The van der Waals surface area contributed by atoms with E-state index in [0.717, 1.165) is 53.7 Å². The fourth-order valence-corrected chi connectivity index (χ4v) is 5.65. The number of pyridine rings is 1. The quantitative estimate of drug-likeness (QED) is 0.404. The zero-order valence-electron chi connectivity index (χ0n) is 19.3. The van der Waals surface area contributed by atoms with Crippen LogP contribution in [-0.4, -0.2) is 16.8 Å². The lowest BCUT2D eigenvalue weighted by molar-refractivity contribution is 0.0951. The number of carbonyl (C=O) groups excluding carboxylic acids is 2. The van der Waals surface area contributed by atoms with Gasteiger partial charge in [0.1, 0.15) is 10.6 Å². The molecule has 0 fully saturated rings. The van der Waals surface area contributed by atoms with E-state index in [1.54, 1.807) is 24.5 Å². The molecule has 4 aromatic rings. The Morgan fingerprint density at radius 1 is 1.09 bits per heavy atom. The average molecular weight is 488 g/mol. The van der Waals surface area contributed by atoms with Crippen molar-refractivity contribution in [2.75, 3.05) is 5.32 Å². The Hall–Kier alpha value is -3.78. The van der Waals surface area contributed by atoms with Crippen LogP contribution in [-0.2, 0) is 25.8 Å². The molecular formula is C27H25N3O4S. The summed E-state index contributed by atoms with van der Waals surface area (Å²) in [4.78, 5) is 44.2. The van der Waals surface area contributed by atoms with Gasteiger partial charge in [-0.1, -0.05) is 19.1 Å². The van der Waals surface area contributed by atoms with Gasteiger partial charge in [0.2, 0.25) is 0 Å². The fraction of sp³-hybridized carbons (Fsp3) is 0.259. The minimum absolute atomic E-state index is 0.0835. The lowest BCUT2D eigenvalue weighted by atomic mass is 9.95. The van der Waals surface area contributed by atoms with E-state index in [0.29, 0.717) is 28.1 Å². The van der Waals surface area contributed by atoms with Gasteiger partial charge in [0.25, 0.3) is 11.8 Å². The molecule has 7 nitrogen and oxygen atoms in total. The standard InChI is InChI=1S/C27H25N3O4S/c1-2-16-9-10-21-19(12-16)20(31)13-22(34-21)25(32)30-27-24(18-7-3-4-8-23(18)35-27)26(33)29-15-17-6-5-11-28-14-17/h5-6,9-14H,2-4,7-8,15H2,1H3,(H,29,33)(H,30,32). The number of thiophene rings is 1. The lowest BCUT2D eigenvalue weighted by Crippen LogP contribution is -2.25. The molecule has 8 heteroatoms. The Balaban J connectivity index is 1.43. The third-order valence-electron chi connectivity index (χ3n) is 6.22. The fourth-order valence-electron chi connectivity index (χ4n) is 4.37. The maximum absolute atomic E-state index is 13.2. The largest absolute Gasteiger partial charge is 0.451 e. The van der Waals surface area contributed by atoms with Crippen LogP contribution in [0.25, 0.3) is 11.0 Å². The number of carbonyl (C=O) groups is 2. The molecule has 1 aromatic carbocycles. The summed E-state index contributed by atoms with van der Waals surface area (Å²) >= 11 is 1.42. The van der Waals surface area contributed by atoms with Crippen molar-refractivity contribution >= 4 is 39.1 Å². The van der Waals surface area contributed by atoms with Gasteiger partial charge in [-0.25, -0.2) is 0 Å². The molecule has 2 N–H and O–H groups in total. The van der Waals surface area contributed by atoms with E-state index in [9.17, 15) is 14.4 Å². The summed E-state index contributed by atoms with van der Waals surface area (Å²) < 4.78 is 5.77. The van der Waals surface area contributed by atoms with Crippen molar-refractivity contribution in [2.24, 2.45) is 0 Å². The van der Waals surface area contributed by atoms with Gasteiger partial charge in [0, 0.05) is 29.9 Å². The molecule has 1 aliphatic rings. The van der Waals surface area contributed by atoms with E-state index in [1.807, 2.05) is 25.1 Å². The highest BCUT2D eigenvalue weighted by molar-refractivity contribution is 7.17. The third kappa shape index (κ3) is 4.74. The highest BCUT2D eigenvalue weighted by Crippen LogP contribution is 2.38. The topological polar surface area (TPSA) is 101 Å². The molecule has 0 saturated heterocycles. The van der Waals surface area contributed by atoms with Crippen molar-refractivity contribution in [3.63, 3.8) is 0 Å². The maximum atomic E-state index is 13.2. The monoisotopic (exact) mass is 487 g/mol. The van der Waals surface area contributed by atoms with Crippen LogP contribution in [0.15, 0.2) is 58.0 Å². The van der Waals surface area contributed by atoms with Crippen LogP contribution in [0.5, 0.6) is 0 Å². The van der Waals surface area contributed by atoms with Gasteiger partial charge in [0.05, 0.1) is 10.9 Å². The molecule has 1 aliphatic carbocycles. The third-order valence-corrected chi connectivity index (χ3v) is 7.43. The molecule has 0 radical (unpaired) electrons. The highest BCUT2D eigenvalue weighted by Gasteiger charge is 2.27. The first-order valence-corrected chi connectivity index (χ1v) is 12.5. The van der Waals surface area contributed by atoms with Crippen LogP contribution in [0.1, 0.15) is 62.2 Å². The number of hydrogen-bond donors (Lipinski definition) is 2. The summed E-state index contributed by atoms with van der Waals surface area (Å²) in [5.41, 5.74) is 3.49. The average Bonchev–Trinajstić information content (AvgIpc) is 3.25. The highest BCUT2D eigenvalue weighted by atomic mass is 32.1. The Kier molecular flexibility index (Phi) is 6.46. The molecular weight excluding hydrogens is 462 g/mol. The first-order chi connectivity index (χ1) is 17.0. The van der Waals surface area contributed by atoms with Crippen LogP contribution >= 0.6 is 11.3 Å². The number of hydrogen-bond acceptors (Lipinski definition) is 6. The van der Waals surface area contributed by atoms with E-state index in [2.05, 4.69) is 15.6 Å². The summed E-state index contributed by atoms with van der Waals surface area (Å²) in [6.45, 7) is 2.35. The second-order valence-corrected chi connectivity index (χ2v) is 9.68. The summed E-state index contributed by atoms with van der Waals surface area (Å²) in [5.74, 6) is -0.876. The first kappa shape index (κ1) is 23.0. The normalized spacial score (nSPS) is 12.8. The molecule has 0 aliphatic heterocycles. The minimum Gasteiger partial charge on any atom is -0.451 e. The molecule has 5 rings (SSSR count).